The molecule has 0 fully saturated rings. The summed E-state index contributed by atoms with van der Waals surface area (Å²) in [6.45, 7) is 7.33. The Balaban J connectivity index is 5.21. The second kappa shape index (κ2) is 72.0. The predicted octanol–water partition coefficient (Wildman–Crippen LogP) is 23.6. The van der Waals surface area contributed by atoms with Gasteiger partial charge in [-0.25, -0.2) is 9.13 Å². The van der Waals surface area contributed by atoms with Crippen LogP contribution in [-0.2, 0) is 65.4 Å². The second-order valence-corrected chi connectivity index (χ2v) is 31.8. The van der Waals surface area contributed by atoms with Crippen molar-refractivity contribution in [2.45, 2.75) is 438 Å². The summed E-state index contributed by atoms with van der Waals surface area (Å²) in [5, 5.41) is 10.6. The highest BCUT2D eigenvalue weighted by molar-refractivity contribution is 7.47. The average molecular weight is 1440 g/mol. The quantitative estimate of drug-likeness (QED) is 0.0222. The van der Waals surface area contributed by atoms with Gasteiger partial charge in [-0.1, -0.05) is 369 Å². The largest absolute Gasteiger partial charge is 0.472 e. The van der Waals surface area contributed by atoms with Crippen LogP contribution < -0.4 is 0 Å². The fourth-order valence-electron chi connectivity index (χ4n) is 12.2. The van der Waals surface area contributed by atoms with Gasteiger partial charge < -0.3 is 33.8 Å². The number of carbonyl (C=O) groups excluding carboxylic acids is 4. The molecule has 0 amide bonds. The zero-order valence-electron chi connectivity index (χ0n) is 63.9. The number of rotatable bonds is 79. The molecule has 0 aromatic heterocycles. The molecule has 0 rings (SSSR count). The van der Waals surface area contributed by atoms with Crippen LogP contribution in [0.25, 0.3) is 0 Å². The maximum absolute atomic E-state index is 13.1. The van der Waals surface area contributed by atoms with Gasteiger partial charge in [0.15, 0.2) is 12.2 Å². The minimum Gasteiger partial charge on any atom is -0.462 e. The van der Waals surface area contributed by atoms with E-state index in [2.05, 4.69) is 34.6 Å². The van der Waals surface area contributed by atoms with Crippen LogP contribution >= 0.6 is 15.6 Å². The summed E-state index contributed by atoms with van der Waals surface area (Å²) < 4.78 is 68.6. The number of phosphoric ester groups is 2. The van der Waals surface area contributed by atoms with Crippen molar-refractivity contribution < 1.29 is 80.2 Å². The van der Waals surface area contributed by atoms with Crippen LogP contribution in [0.1, 0.15) is 420 Å². The first-order chi connectivity index (χ1) is 47.5. The van der Waals surface area contributed by atoms with Crippen molar-refractivity contribution in [3.63, 3.8) is 0 Å². The Bertz CT molecular complexity index is 1870. The van der Waals surface area contributed by atoms with Crippen molar-refractivity contribution in [2.75, 3.05) is 39.6 Å². The number of unbranched alkanes of at least 4 members (excludes halogenated alkanes) is 51. The molecule has 582 valence electrons. The zero-order valence-corrected chi connectivity index (χ0v) is 65.7. The SMILES string of the molecule is CCCCCCCCCCCCCCCCCCCCCC(=O)O[C@H](COC(=O)CCCCCCCCCCCCCCCCCC(C)C)COP(=O)(O)OC[C@@H](O)COP(=O)(O)OC[C@@H](COC(=O)CCCCCCCCCCCC)OC(=O)CCCCCCCCCCCCC. The number of aliphatic hydroxyl groups is 1. The summed E-state index contributed by atoms with van der Waals surface area (Å²) >= 11 is 0. The molecule has 0 aliphatic carbocycles. The third-order valence-corrected chi connectivity index (χ3v) is 20.4. The van der Waals surface area contributed by atoms with Gasteiger partial charge in [0.1, 0.15) is 19.3 Å². The second-order valence-electron chi connectivity index (χ2n) is 28.9. The van der Waals surface area contributed by atoms with Gasteiger partial charge in [0.05, 0.1) is 26.4 Å². The smallest absolute Gasteiger partial charge is 0.462 e. The number of aliphatic hydroxyl groups excluding tert-OH is 1. The van der Waals surface area contributed by atoms with Gasteiger partial charge in [0.25, 0.3) is 0 Å². The number of esters is 4. The molecule has 0 saturated heterocycles. The lowest BCUT2D eigenvalue weighted by molar-refractivity contribution is -0.161. The number of hydrogen-bond donors (Lipinski definition) is 3. The molecule has 17 nitrogen and oxygen atoms in total. The third kappa shape index (κ3) is 72.4. The molecule has 0 aliphatic heterocycles. The number of phosphoric acid groups is 2. The minimum atomic E-state index is -4.96. The Labute approximate surface area is 600 Å². The molecule has 0 aromatic rings. The van der Waals surface area contributed by atoms with E-state index in [0.717, 1.165) is 95.8 Å². The van der Waals surface area contributed by atoms with Crippen molar-refractivity contribution in [1.29, 1.82) is 0 Å². The molecule has 0 heterocycles. The van der Waals surface area contributed by atoms with E-state index in [4.69, 9.17) is 37.0 Å². The average Bonchev–Trinajstić information content (AvgIpc) is 1.07. The Morgan fingerprint density at radius 3 is 0.694 bits per heavy atom. The molecule has 5 atom stereocenters. The fourth-order valence-corrected chi connectivity index (χ4v) is 13.8. The van der Waals surface area contributed by atoms with E-state index in [-0.39, 0.29) is 25.7 Å². The van der Waals surface area contributed by atoms with Gasteiger partial charge in [0.2, 0.25) is 0 Å². The van der Waals surface area contributed by atoms with Gasteiger partial charge in [-0.15, -0.1) is 0 Å². The molecule has 19 heteroatoms. The number of hydrogen-bond acceptors (Lipinski definition) is 15. The molecular weight excluding hydrogens is 1280 g/mol. The monoisotopic (exact) mass is 1440 g/mol. The van der Waals surface area contributed by atoms with Gasteiger partial charge in [-0.3, -0.25) is 37.3 Å². The van der Waals surface area contributed by atoms with Crippen LogP contribution in [0.4, 0.5) is 0 Å². The summed E-state index contributed by atoms with van der Waals surface area (Å²) in [4.78, 5) is 72.9. The van der Waals surface area contributed by atoms with E-state index < -0.39 is 97.5 Å². The van der Waals surface area contributed by atoms with E-state index in [0.29, 0.717) is 25.7 Å². The van der Waals surface area contributed by atoms with Gasteiger partial charge >= 0.3 is 39.5 Å². The van der Waals surface area contributed by atoms with E-state index in [1.54, 1.807) is 0 Å². The molecule has 0 aromatic carbocycles. The Morgan fingerprint density at radius 1 is 0.276 bits per heavy atom. The molecule has 0 aliphatic rings. The number of ether oxygens (including phenoxy) is 4. The van der Waals surface area contributed by atoms with E-state index in [1.165, 1.54) is 244 Å². The van der Waals surface area contributed by atoms with E-state index in [1.807, 2.05) is 0 Å². The molecule has 3 N–H and O–H groups in total. The summed E-state index contributed by atoms with van der Waals surface area (Å²) in [6.07, 6.45) is 62.4. The molecule has 2 unspecified atom stereocenters. The molecule has 0 saturated carbocycles. The first-order valence-electron chi connectivity index (χ1n) is 41.1. The molecule has 0 radical (unpaired) electrons. The highest BCUT2D eigenvalue weighted by Gasteiger charge is 2.30. The summed E-state index contributed by atoms with van der Waals surface area (Å²) in [5.41, 5.74) is 0. The van der Waals surface area contributed by atoms with Crippen molar-refractivity contribution in [3.8, 4) is 0 Å². The van der Waals surface area contributed by atoms with Crippen LogP contribution in [0.15, 0.2) is 0 Å². The first-order valence-corrected chi connectivity index (χ1v) is 44.1. The first kappa shape index (κ1) is 96.1. The highest BCUT2D eigenvalue weighted by Crippen LogP contribution is 2.45. The molecular formula is C79H154O17P2. The lowest BCUT2D eigenvalue weighted by atomic mass is 10.0. The van der Waals surface area contributed by atoms with E-state index in [9.17, 15) is 43.2 Å². The van der Waals surface area contributed by atoms with Crippen LogP contribution in [0.3, 0.4) is 0 Å². The van der Waals surface area contributed by atoms with Crippen LogP contribution in [0.2, 0.25) is 0 Å². The Kier molecular flexibility index (Phi) is 70.6. The van der Waals surface area contributed by atoms with Crippen molar-refractivity contribution in [2.24, 2.45) is 5.92 Å². The molecule has 98 heavy (non-hydrogen) atoms. The topological polar surface area (TPSA) is 237 Å². The fraction of sp³-hybridized carbons (Fsp3) is 0.949. The lowest BCUT2D eigenvalue weighted by Gasteiger charge is -2.21. The highest BCUT2D eigenvalue weighted by atomic mass is 31.2. The maximum Gasteiger partial charge on any atom is 0.472 e. The van der Waals surface area contributed by atoms with Gasteiger partial charge in [-0.05, 0) is 31.6 Å². The predicted molar refractivity (Wildman–Crippen MR) is 400 cm³/mol. The van der Waals surface area contributed by atoms with Crippen molar-refractivity contribution in [3.05, 3.63) is 0 Å². The van der Waals surface area contributed by atoms with Crippen LogP contribution in [0, 0.1) is 5.92 Å². The Morgan fingerprint density at radius 2 is 0.469 bits per heavy atom. The maximum atomic E-state index is 13.1. The minimum absolute atomic E-state index is 0.107. The van der Waals surface area contributed by atoms with Gasteiger partial charge in [-0.2, -0.15) is 0 Å². The summed E-state index contributed by atoms with van der Waals surface area (Å²) in [7, 11) is -9.91. The molecule has 0 bridgehead atoms. The third-order valence-electron chi connectivity index (χ3n) is 18.5. The van der Waals surface area contributed by atoms with Crippen molar-refractivity contribution >= 4 is 39.5 Å². The van der Waals surface area contributed by atoms with Crippen molar-refractivity contribution in [1.82, 2.24) is 0 Å². The summed E-state index contributed by atoms with van der Waals surface area (Å²) in [5.74, 6) is -1.30. The van der Waals surface area contributed by atoms with Crippen LogP contribution in [-0.4, -0.2) is 96.7 Å². The molecule has 0 spiro atoms. The zero-order chi connectivity index (χ0) is 71.9. The normalized spacial score (nSPS) is 13.9. The van der Waals surface area contributed by atoms with Crippen LogP contribution in [0.5, 0.6) is 0 Å². The Hall–Kier alpha value is -1.94. The summed E-state index contributed by atoms with van der Waals surface area (Å²) in [6, 6.07) is 0. The van der Waals surface area contributed by atoms with E-state index >= 15 is 0 Å². The number of carbonyl (C=O) groups is 4. The lowest BCUT2D eigenvalue weighted by Crippen LogP contribution is -2.30. The van der Waals surface area contributed by atoms with Gasteiger partial charge in [0, 0.05) is 25.7 Å². The standard InChI is InChI=1S/C79H154O17P2/c1-6-9-12-15-18-21-24-25-26-27-28-29-32-36-40-45-50-55-60-65-79(84)96-75(69-90-77(82)63-58-53-48-43-39-35-33-30-31-34-38-41-46-51-56-61-72(4)5)71-94-98(87,88)92-67-73(80)66-91-97(85,86)93-70-74(68-89-76(81)62-57-52-47-42-23-20-17-14-11-8-3)95-78(83)64-59-54-49-44-37-22-19-16-13-10-7-2/h72-75,80H,6-71H2,1-5H3,(H,85,86)(H,87,88)/t73-,74+,75+/m0/s1.